The number of nitrogens with one attached hydrogen (secondary N) is 3. The number of carbonyl (C=O) groups excluding carboxylic acids is 2. The van der Waals surface area contributed by atoms with Crippen molar-refractivity contribution in [2.45, 2.75) is 6.42 Å². The summed E-state index contributed by atoms with van der Waals surface area (Å²) in [5, 5.41) is 12.9. The minimum absolute atomic E-state index is 0.0395. The van der Waals surface area contributed by atoms with E-state index in [-0.39, 0.29) is 23.1 Å². The first-order valence-corrected chi connectivity index (χ1v) is 8.73. The zero-order chi connectivity index (χ0) is 21.2. The number of hydrazine groups is 1. The molecule has 0 saturated heterocycles. The van der Waals surface area contributed by atoms with E-state index in [0.29, 0.717) is 11.3 Å². The Hall–Kier alpha value is -3.79. The molecule has 29 heavy (non-hydrogen) atoms. The fourth-order valence-corrected chi connectivity index (χ4v) is 2.31. The Labute approximate surface area is 171 Å². The van der Waals surface area contributed by atoms with Crippen LogP contribution >= 0.6 is 12.2 Å². The maximum atomic E-state index is 11.9. The number of rotatable bonds is 6. The topological polar surface area (TPSA) is 123 Å². The molecule has 0 saturated carbocycles. The number of carbonyl (C=O) groups is 2. The zero-order valence-electron chi connectivity index (χ0n) is 15.4. The van der Waals surface area contributed by atoms with Crippen LogP contribution in [0.5, 0.6) is 5.75 Å². The summed E-state index contributed by atoms with van der Waals surface area (Å²) >= 11 is 4.94. The lowest BCUT2D eigenvalue weighted by atomic mass is 10.1. The second kappa shape index (κ2) is 10.5. The molecule has 2 aromatic rings. The lowest BCUT2D eigenvalue weighted by Gasteiger charge is -2.10. The van der Waals surface area contributed by atoms with Crippen molar-refractivity contribution in [1.29, 1.82) is 0 Å². The molecule has 10 heteroatoms. The maximum Gasteiger partial charge on any atom is 0.269 e. The number of nitro groups is 1. The van der Waals surface area contributed by atoms with Gasteiger partial charge >= 0.3 is 0 Å². The predicted octanol–water partition coefficient (Wildman–Crippen LogP) is 1.88. The summed E-state index contributed by atoms with van der Waals surface area (Å²) in [6, 6.07) is 12.7. The van der Waals surface area contributed by atoms with Crippen LogP contribution in [0.3, 0.4) is 0 Å². The first kappa shape index (κ1) is 21.5. The lowest BCUT2D eigenvalue weighted by molar-refractivity contribution is -0.384. The van der Waals surface area contributed by atoms with Crippen molar-refractivity contribution >= 4 is 40.9 Å². The summed E-state index contributed by atoms with van der Waals surface area (Å²) < 4.78 is 5.05. The van der Waals surface area contributed by atoms with Crippen LogP contribution in [0.25, 0.3) is 6.08 Å². The number of methoxy groups -OCH3 is 1. The molecule has 9 nitrogen and oxygen atoms in total. The highest BCUT2D eigenvalue weighted by molar-refractivity contribution is 7.80. The third kappa shape index (κ3) is 7.39. The average molecular weight is 414 g/mol. The summed E-state index contributed by atoms with van der Waals surface area (Å²) in [5.74, 6) is -0.170. The number of non-ortho nitro benzene ring substituents is 1. The molecule has 0 fully saturated rings. The molecule has 0 radical (unpaired) electrons. The van der Waals surface area contributed by atoms with Crippen molar-refractivity contribution < 1.29 is 19.2 Å². The fourth-order valence-electron chi connectivity index (χ4n) is 2.16. The molecule has 0 bridgehead atoms. The molecule has 2 amide bonds. The summed E-state index contributed by atoms with van der Waals surface area (Å²) in [7, 11) is 1.56. The van der Waals surface area contributed by atoms with Crippen LogP contribution < -0.4 is 20.9 Å². The molecule has 0 spiro atoms. The van der Waals surface area contributed by atoms with Crippen LogP contribution in [-0.4, -0.2) is 29.0 Å². The molecule has 0 heterocycles. The Bertz CT molecular complexity index is 927. The molecule has 0 aliphatic heterocycles. The molecule has 0 atom stereocenters. The highest BCUT2D eigenvalue weighted by atomic mass is 32.1. The van der Waals surface area contributed by atoms with Gasteiger partial charge in [0.2, 0.25) is 11.8 Å². The number of benzene rings is 2. The highest BCUT2D eigenvalue weighted by Crippen LogP contribution is 2.13. The molecule has 3 N–H and O–H groups in total. The smallest absolute Gasteiger partial charge is 0.269 e. The molecular weight excluding hydrogens is 396 g/mol. The Morgan fingerprint density at radius 1 is 1.10 bits per heavy atom. The number of thiocarbonyl (C=S) groups is 1. The molecular formula is C19H18N4O5S. The van der Waals surface area contributed by atoms with Crippen LogP contribution in [0.2, 0.25) is 0 Å². The first-order valence-electron chi connectivity index (χ1n) is 8.32. The molecule has 2 rings (SSSR count). The number of nitrogens with zero attached hydrogens (tertiary/aromatic N) is 1. The number of amides is 2. The Balaban J connectivity index is 1.75. The van der Waals surface area contributed by atoms with E-state index in [9.17, 15) is 19.7 Å². The van der Waals surface area contributed by atoms with Gasteiger partial charge in [-0.2, -0.15) is 0 Å². The highest BCUT2D eigenvalue weighted by Gasteiger charge is 2.06. The fraction of sp³-hybridized carbons (Fsp3) is 0.105. The van der Waals surface area contributed by atoms with Gasteiger partial charge in [-0.1, -0.05) is 12.1 Å². The van der Waals surface area contributed by atoms with E-state index in [4.69, 9.17) is 17.0 Å². The molecule has 0 aliphatic carbocycles. The van der Waals surface area contributed by atoms with Crippen molar-refractivity contribution in [1.82, 2.24) is 16.2 Å². The van der Waals surface area contributed by atoms with E-state index in [2.05, 4.69) is 16.2 Å². The van der Waals surface area contributed by atoms with Gasteiger partial charge in [-0.05, 0) is 53.7 Å². The first-order chi connectivity index (χ1) is 13.9. The summed E-state index contributed by atoms with van der Waals surface area (Å²) in [5.41, 5.74) is 6.18. The normalized spacial score (nSPS) is 10.2. The van der Waals surface area contributed by atoms with Gasteiger partial charge in [-0.15, -0.1) is 0 Å². The minimum atomic E-state index is -0.523. The van der Waals surface area contributed by atoms with Crippen molar-refractivity contribution in [2.75, 3.05) is 7.11 Å². The minimum Gasteiger partial charge on any atom is -0.497 e. The predicted molar refractivity (Wildman–Crippen MR) is 111 cm³/mol. The monoisotopic (exact) mass is 414 g/mol. The average Bonchev–Trinajstić information content (AvgIpc) is 2.71. The van der Waals surface area contributed by atoms with Crippen molar-refractivity contribution in [3.8, 4) is 5.75 Å². The van der Waals surface area contributed by atoms with Crippen LogP contribution in [-0.2, 0) is 16.0 Å². The van der Waals surface area contributed by atoms with Crippen LogP contribution in [0.1, 0.15) is 11.1 Å². The third-order valence-corrected chi connectivity index (χ3v) is 3.81. The Morgan fingerprint density at radius 2 is 1.76 bits per heavy atom. The van der Waals surface area contributed by atoms with Gasteiger partial charge in [-0.3, -0.25) is 35.9 Å². The van der Waals surface area contributed by atoms with Crippen molar-refractivity contribution in [3.05, 3.63) is 75.8 Å². The van der Waals surface area contributed by atoms with Crippen LogP contribution in [0, 0.1) is 10.1 Å². The Kier molecular flexibility index (Phi) is 7.80. The van der Waals surface area contributed by atoms with E-state index in [1.54, 1.807) is 31.4 Å². The Morgan fingerprint density at radius 3 is 2.34 bits per heavy atom. The van der Waals surface area contributed by atoms with E-state index in [1.165, 1.54) is 36.4 Å². The molecule has 150 valence electrons. The van der Waals surface area contributed by atoms with Crippen molar-refractivity contribution in [3.63, 3.8) is 0 Å². The van der Waals surface area contributed by atoms with Crippen LogP contribution in [0.15, 0.2) is 54.6 Å². The van der Waals surface area contributed by atoms with E-state index < -0.39 is 10.8 Å². The quantitative estimate of drug-likeness (QED) is 0.285. The largest absolute Gasteiger partial charge is 0.497 e. The number of hydrogen-bond donors (Lipinski definition) is 3. The molecule has 0 unspecified atom stereocenters. The maximum absolute atomic E-state index is 11.9. The lowest BCUT2D eigenvalue weighted by Crippen LogP contribution is -2.48. The van der Waals surface area contributed by atoms with Gasteiger partial charge in [-0.25, -0.2) is 0 Å². The second-order valence-corrected chi connectivity index (χ2v) is 6.11. The number of nitro benzene ring substituents is 1. The van der Waals surface area contributed by atoms with Gasteiger partial charge in [0.15, 0.2) is 5.11 Å². The van der Waals surface area contributed by atoms with Crippen molar-refractivity contribution in [2.24, 2.45) is 0 Å². The van der Waals surface area contributed by atoms with Gasteiger partial charge in [0.05, 0.1) is 18.5 Å². The zero-order valence-corrected chi connectivity index (χ0v) is 16.2. The molecule has 0 aliphatic rings. The van der Waals surface area contributed by atoms with E-state index in [1.807, 2.05) is 0 Å². The SMILES string of the molecule is COc1ccc(CC(=O)NNC(=S)NC(=O)/C=C/c2ccc([N+](=O)[O-])cc2)cc1. The summed E-state index contributed by atoms with van der Waals surface area (Å²) in [6.45, 7) is 0. The third-order valence-electron chi connectivity index (χ3n) is 3.61. The summed E-state index contributed by atoms with van der Waals surface area (Å²) in [4.78, 5) is 33.8. The second-order valence-electron chi connectivity index (χ2n) is 5.70. The van der Waals surface area contributed by atoms with E-state index >= 15 is 0 Å². The number of hydrogen-bond acceptors (Lipinski definition) is 6. The molecule has 2 aromatic carbocycles. The van der Waals surface area contributed by atoms with Gasteiger partial charge in [0.1, 0.15) is 5.75 Å². The number of ether oxygens (including phenoxy) is 1. The van der Waals surface area contributed by atoms with Gasteiger partial charge in [0.25, 0.3) is 5.69 Å². The molecule has 0 aromatic heterocycles. The van der Waals surface area contributed by atoms with Gasteiger partial charge in [0, 0.05) is 18.2 Å². The van der Waals surface area contributed by atoms with Crippen LogP contribution in [0.4, 0.5) is 5.69 Å². The van der Waals surface area contributed by atoms with E-state index in [0.717, 1.165) is 5.56 Å². The summed E-state index contributed by atoms with van der Waals surface area (Å²) in [6.07, 6.45) is 2.81. The standard InChI is InChI=1S/C19H18N4O5S/c1-28-16-9-4-14(5-10-16)12-18(25)21-22-19(29)20-17(24)11-6-13-2-7-15(8-3-13)23(26)27/h2-11H,12H2,1H3,(H,21,25)(H2,20,22,24,29)/b11-6+. The van der Waals surface area contributed by atoms with Gasteiger partial charge < -0.3 is 4.74 Å².